The van der Waals surface area contributed by atoms with Gasteiger partial charge in [0, 0.05) is 6.42 Å². The molecule has 1 heterocycles. The van der Waals surface area contributed by atoms with Gasteiger partial charge < -0.3 is 10.4 Å². The molecule has 0 radical (unpaired) electrons. The van der Waals surface area contributed by atoms with Gasteiger partial charge in [-0.15, -0.1) is 0 Å². The molecule has 1 unspecified atom stereocenters. The number of rotatable bonds is 0. The van der Waals surface area contributed by atoms with Gasteiger partial charge in [0.15, 0.2) is 0 Å². The zero-order chi connectivity index (χ0) is 7.78. The Hall–Kier alpha value is -0.570. The number of amides is 1. The minimum absolute atomic E-state index is 0.0373. The Balaban J connectivity index is 2.63. The highest BCUT2D eigenvalue weighted by atomic mass is 16.3. The third kappa shape index (κ3) is 1.29. The first-order valence-electron chi connectivity index (χ1n) is 3.51. The van der Waals surface area contributed by atoms with Crippen molar-refractivity contribution in [1.82, 2.24) is 5.32 Å². The summed E-state index contributed by atoms with van der Waals surface area (Å²) in [6.45, 7) is 3.66. The SMILES string of the molecule is CC1(C)NC(=O)CCC1O. The van der Waals surface area contributed by atoms with Crippen molar-refractivity contribution in [2.45, 2.75) is 38.3 Å². The van der Waals surface area contributed by atoms with Crippen LogP contribution in [0.15, 0.2) is 0 Å². The number of carbonyl (C=O) groups is 1. The highest BCUT2D eigenvalue weighted by Gasteiger charge is 2.33. The number of piperidine rings is 1. The van der Waals surface area contributed by atoms with E-state index in [1.807, 2.05) is 13.8 Å². The van der Waals surface area contributed by atoms with Crippen LogP contribution < -0.4 is 5.32 Å². The van der Waals surface area contributed by atoms with Gasteiger partial charge in [-0.25, -0.2) is 0 Å². The molecule has 1 aliphatic rings. The molecule has 0 saturated carbocycles. The second-order valence-corrected chi connectivity index (χ2v) is 3.32. The molecule has 1 amide bonds. The lowest BCUT2D eigenvalue weighted by Crippen LogP contribution is -2.55. The topological polar surface area (TPSA) is 49.3 Å². The predicted molar refractivity (Wildman–Crippen MR) is 37.5 cm³/mol. The number of aliphatic hydroxyl groups is 1. The summed E-state index contributed by atoms with van der Waals surface area (Å²) in [7, 11) is 0. The Morgan fingerprint density at radius 1 is 1.70 bits per heavy atom. The average molecular weight is 143 g/mol. The smallest absolute Gasteiger partial charge is 0.220 e. The third-order valence-electron chi connectivity index (χ3n) is 1.94. The van der Waals surface area contributed by atoms with E-state index in [0.717, 1.165) is 0 Å². The minimum Gasteiger partial charge on any atom is -0.391 e. The Morgan fingerprint density at radius 2 is 2.30 bits per heavy atom. The second-order valence-electron chi connectivity index (χ2n) is 3.32. The van der Waals surface area contributed by atoms with Crippen LogP contribution in [0.4, 0.5) is 0 Å². The maximum Gasteiger partial charge on any atom is 0.220 e. The van der Waals surface area contributed by atoms with Crippen LogP contribution in [0, 0.1) is 0 Å². The van der Waals surface area contributed by atoms with Crippen molar-refractivity contribution in [3.63, 3.8) is 0 Å². The van der Waals surface area contributed by atoms with Crippen molar-refractivity contribution in [3.05, 3.63) is 0 Å². The molecule has 1 rings (SSSR count). The van der Waals surface area contributed by atoms with Gasteiger partial charge in [-0.2, -0.15) is 0 Å². The summed E-state index contributed by atoms with van der Waals surface area (Å²) in [5.41, 5.74) is -0.435. The van der Waals surface area contributed by atoms with Gasteiger partial charge in [-0.3, -0.25) is 4.79 Å². The fourth-order valence-corrected chi connectivity index (χ4v) is 1.13. The van der Waals surface area contributed by atoms with Crippen LogP contribution in [0.2, 0.25) is 0 Å². The van der Waals surface area contributed by atoms with Gasteiger partial charge in [0.1, 0.15) is 0 Å². The van der Waals surface area contributed by atoms with Crippen molar-refractivity contribution >= 4 is 5.91 Å². The first kappa shape index (κ1) is 7.54. The van der Waals surface area contributed by atoms with Gasteiger partial charge in [-0.1, -0.05) is 0 Å². The number of hydrogen-bond acceptors (Lipinski definition) is 2. The quantitative estimate of drug-likeness (QED) is 0.503. The van der Waals surface area contributed by atoms with Crippen LogP contribution in [0.3, 0.4) is 0 Å². The van der Waals surface area contributed by atoms with Gasteiger partial charge in [0.05, 0.1) is 11.6 Å². The Bertz CT molecular complexity index is 154. The van der Waals surface area contributed by atoms with E-state index < -0.39 is 11.6 Å². The van der Waals surface area contributed by atoms with E-state index in [-0.39, 0.29) is 5.91 Å². The molecule has 0 aliphatic carbocycles. The number of nitrogens with one attached hydrogen (secondary N) is 1. The summed E-state index contributed by atoms with van der Waals surface area (Å²) >= 11 is 0. The highest BCUT2D eigenvalue weighted by Crippen LogP contribution is 2.18. The number of hydrogen-bond donors (Lipinski definition) is 2. The fraction of sp³-hybridized carbons (Fsp3) is 0.857. The van der Waals surface area contributed by atoms with Crippen molar-refractivity contribution < 1.29 is 9.90 Å². The van der Waals surface area contributed by atoms with Gasteiger partial charge in [0.2, 0.25) is 5.91 Å². The standard InChI is InChI=1S/C7H13NO2/c1-7(2)5(9)3-4-6(10)8-7/h5,9H,3-4H2,1-2H3,(H,8,10). The van der Waals surface area contributed by atoms with E-state index in [2.05, 4.69) is 5.32 Å². The van der Waals surface area contributed by atoms with E-state index >= 15 is 0 Å². The highest BCUT2D eigenvalue weighted by molar-refractivity contribution is 5.77. The molecular weight excluding hydrogens is 130 g/mol. The fourth-order valence-electron chi connectivity index (χ4n) is 1.13. The molecule has 1 fully saturated rings. The van der Waals surface area contributed by atoms with E-state index in [1.54, 1.807) is 0 Å². The molecule has 58 valence electrons. The lowest BCUT2D eigenvalue weighted by Gasteiger charge is -2.35. The van der Waals surface area contributed by atoms with Gasteiger partial charge in [-0.05, 0) is 20.3 Å². The summed E-state index contributed by atoms with van der Waals surface area (Å²) in [5, 5.41) is 12.1. The molecular formula is C7H13NO2. The van der Waals surface area contributed by atoms with E-state index in [0.29, 0.717) is 12.8 Å². The Morgan fingerprint density at radius 3 is 2.70 bits per heavy atom. The van der Waals surface area contributed by atoms with Crippen LogP contribution in [-0.2, 0) is 4.79 Å². The predicted octanol–water partition coefficient (Wildman–Crippen LogP) is 0.0359. The van der Waals surface area contributed by atoms with Gasteiger partial charge in [0.25, 0.3) is 0 Å². The average Bonchev–Trinajstić information content (AvgIpc) is 1.78. The molecule has 0 bridgehead atoms. The molecule has 0 aromatic heterocycles. The van der Waals surface area contributed by atoms with E-state index in [4.69, 9.17) is 0 Å². The van der Waals surface area contributed by atoms with Crippen molar-refractivity contribution in [1.29, 1.82) is 0 Å². The minimum atomic E-state index is -0.435. The second kappa shape index (κ2) is 2.23. The third-order valence-corrected chi connectivity index (χ3v) is 1.94. The molecule has 1 atom stereocenters. The van der Waals surface area contributed by atoms with Crippen LogP contribution in [0.1, 0.15) is 26.7 Å². The zero-order valence-corrected chi connectivity index (χ0v) is 6.35. The van der Waals surface area contributed by atoms with Crippen LogP contribution in [0.25, 0.3) is 0 Å². The van der Waals surface area contributed by atoms with Crippen molar-refractivity contribution in [2.75, 3.05) is 0 Å². The molecule has 3 nitrogen and oxygen atoms in total. The maximum atomic E-state index is 10.8. The lowest BCUT2D eigenvalue weighted by atomic mass is 9.90. The monoisotopic (exact) mass is 143 g/mol. The maximum absolute atomic E-state index is 10.8. The van der Waals surface area contributed by atoms with Crippen LogP contribution in [0.5, 0.6) is 0 Å². The Labute approximate surface area is 60.4 Å². The molecule has 0 aromatic carbocycles. The Kier molecular flexibility index (Phi) is 1.68. The van der Waals surface area contributed by atoms with Crippen molar-refractivity contribution in [3.8, 4) is 0 Å². The van der Waals surface area contributed by atoms with Crippen molar-refractivity contribution in [2.24, 2.45) is 0 Å². The molecule has 0 spiro atoms. The summed E-state index contributed by atoms with van der Waals surface area (Å²) < 4.78 is 0. The normalized spacial score (nSPS) is 31.5. The van der Waals surface area contributed by atoms with Gasteiger partial charge >= 0.3 is 0 Å². The summed E-state index contributed by atoms with van der Waals surface area (Å²) in [5.74, 6) is 0.0373. The molecule has 10 heavy (non-hydrogen) atoms. The lowest BCUT2D eigenvalue weighted by molar-refractivity contribution is -0.128. The summed E-state index contributed by atoms with van der Waals surface area (Å²) in [6.07, 6.45) is 0.633. The molecule has 1 aliphatic heterocycles. The summed E-state index contributed by atoms with van der Waals surface area (Å²) in [4.78, 5) is 10.8. The zero-order valence-electron chi connectivity index (χ0n) is 6.35. The molecule has 2 N–H and O–H groups in total. The van der Waals surface area contributed by atoms with E-state index in [9.17, 15) is 9.90 Å². The van der Waals surface area contributed by atoms with Crippen LogP contribution in [-0.4, -0.2) is 22.7 Å². The molecule has 3 heteroatoms. The van der Waals surface area contributed by atoms with Crippen LogP contribution >= 0.6 is 0 Å². The van der Waals surface area contributed by atoms with E-state index in [1.165, 1.54) is 0 Å². The molecule has 0 aromatic rings. The number of carbonyl (C=O) groups excluding carboxylic acids is 1. The summed E-state index contributed by atoms with van der Waals surface area (Å²) in [6, 6.07) is 0. The first-order valence-corrected chi connectivity index (χ1v) is 3.51. The number of aliphatic hydroxyl groups excluding tert-OH is 1. The first-order chi connectivity index (χ1) is 4.52. The molecule has 1 saturated heterocycles. The largest absolute Gasteiger partial charge is 0.391 e.